The Morgan fingerprint density at radius 1 is 1.13 bits per heavy atom. The number of carbonyl (C=O) groups excluding carboxylic acids is 1. The molecule has 0 unspecified atom stereocenters. The number of para-hydroxylation sites is 1. The lowest BCUT2D eigenvalue weighted by molar-refractivity contribution is -0.116. The van der Waals surface area contributed by atoms with Gasteiger partial charge in [0, 0.05) is 23.4 Å². The largest absolute Gasteiger partial charge is 0.338 e. The van der Waals surface area contributed by atoms with Crippen LogP contribution in [0.5, 0.6) is 0 Å². The van der Waals surface area contributed by atoms with Gasteiger partial charge in [-0.15, -0.1) is 0 Å². The first-order valence-electron chi connectivity index (χ1n) is 7.33. The summed E-state index contributed by atoms with van der Waals surface area (Å²) in [4.78, 5) is 24.5. The second-order valence-corrected chi connectivity index (χ2v) is 6.03. The summed E-state index contributed by atoms with van der Waals surface area (Å²) in [7, 11) is 0. The van der Waals surface area contributed by atoms with Crippen LogP contribution in [0.3, 0.4) is 0 Å². The molecule has 118 valence electrons. The molecule has 1 aromatic carbocycles. The Bertz CT molecular complexity index is 927. The summed E-state index contributed by atoms with van der Waals surface area (Å²) in [6, 6.07) is 11.1. The van der Waals surface area contributed by atoms with Crippen molar-refractivity contribution >= 4 is 38.4 Å². The molecule has 0 aliphatic heterocycles. The van der Waals surface area contributed by atoms with Crippen LogP contribution in [0.25, 0.3) is 10.9 Å². The summed E-state index contributed by atoms with van der Waals surface area (Å²) >= 11 is 3.40. The highest BCUT2D eigenvalue weighted by molar-refractivity contribution is 9.10. The van der Waals surface area contributed by atoms with Crippen molar-refractivity contribution in [2.75, 3.05) is 5.32 Å². The number of pyridine rings is 1. The van der Waals surface area contributed by atoms with E-state index in [4.69, 9.17) is 0 Å². The van der Waals surface area contributed by atoms with Gasteiger partial charge in [0.15, 0.2) is 0 Å². The van der Waals surface area contributed by atoms with Crippen molar-refractivity contribution in [1.29, 1.82) is 0 Å². The van der Waals surface area contributed by atoms with Gasteiger partial charge in [0.2, 0.25) is 5.91 Å². The number of carbonyl (C=O) groups is 1. The maximum absolute atomic E-state index is 12.2. The number of hydrogen-bond donors (Lipinski definition) is 1. The van der Waals surface area contributed by atoms with Gasteiger partial charge in [0.1, 0.15) is 6.54 Å². The van der Waals surface area contributed by atoms with Gasteiger partial charge >= 0.3 is 0 Å². The average Bonchev–Trinajstić information content (AvgIpc) is 2.94. The number of nitrogens with one attached hydrogen (secondary N) is 1. The molecule has 0 saturated heterocycles. The maximum atomic E-state index is 12.2. The SMILES string of the molecule is CCn1ccc2c(ccn2CC(=O)Nc2ccccc2Br)c1=O. The van der Waals surface area contributed by atoms with Crippen molar-refractivity contribution in [3.8, 4) is 0 Å². The lowest BCUT2D eigenvalue weighted by Crippen LogP contribution is -2.20. The van der Waals surface area contributed by atoms with Crippen molar-refractivity contribution in [3.05, 3.63) is 63.6 Å². The molecular formula is C17H16BrN3O2. The molecule has 0 radical (unpaired) electrons. The minimum absolute atomic E-state index is 0.0324. The van der Waals surface area contributed by atoms with Crippen molar-refractivity contribution in [1.82, 2.24) is 9.13 Å². The Morgan fingerprint density at radius 2 is 1.87 bits per heavy atom. The fourth-order valence-electron chi connectivity index (χ4n) is 2.53. The van der Waals surface area contributed by atoms with Gasteiger partial charge in [0.25, 0.3) is 5.56 Å². The molecule has 0 aliphatic rings. The number of rotatable bonds is 4. The maximum Gasteiger partial charge on any atom is 0.259 e. The van der Waals surface area contributed by atoms with Crippen LogP contribution in [0, 0.1) is 0 Å². The van der Waals surface area contributed by atoms with Crippen molar-refractivity contribution in [2.24, 2.45) is 0 Å². The molecule has 2 aromatic heterocycles. The lowest BCUT2D eigenvalue weighted by atomic mass is 10.3. The Labute approximate surface area is 141 Å². The van der Waals surface area contributed by atoms with E-state index in [9.17, 15) is 9.59 Å². The minimum atomic E-state index is -0.144. The van der Waals surface area contributed by atoms with Crippen molar-refractivity contribution in [2.45, 2.75) is 20.0 Å². The molecule has 0 spiro atoms. The summed E-state index contributed by atoms with van der Waals surface area (Å²) in [5.41, 5.74) is 1.46. The molecule has 23 heavy (non-hydrogen) atoms. The van der Waals surface area contributed by atoms with Crippen LogP contribution in [0.1, 0.15) is 6.92 Å². The molecule has 2 heterocycles. The number of halogens is 1. The Kier molecular flexibility index (Phi) is 4.34. The zero-order chi connectivity index (χ0) is 16.4. The number of nitrogens with zero attached hydrogens (tertiary/aromatic N) is 2. The molecular weight excluding hydrogens is 358 g/mol. The van der Waals surface area contributed by atoms with Crippen molar-refractivity contribution in [3.63, 3.8) is 0 Å². The number of benzene rings is 1. The van der Waals surface area contributed by atoms with Crippen LogP contribution < -0.4 is 10.9 Å². The van der Waals surface area contributed by atoms with Gasteiger partial charge in [-0.3, -0.25) is 9.59 Å². The second kappa shape index (κ2) is 6.42. The lowest BCUT2D eigenvalue weighted by Gasteiger charge is -2.09. The molecule has 0 fully saturated rings. The smallest absolute Gasteiger partial charge is 0.259 e. The molecule has 0 bridgehead atoms. The van der Waals surface area contributed by atoms with E-state index in [1.807, 2.05) is 37.3 Å². The van der Waals surface area contributed by atoms with Crippen molar-refractivity contribution < 1.29 is 4.79 Å². The van der Waals surface area contributed by atoms with E-state index in [0.717, 1.165) is 15.7 Å². The molecule has 0 atom stereocenters. The van der Waals surface area contributed by atoms with E-state index in [0.29, 0.717) is 11.9 Å². The topological polar surface area (TPSA) is 56.0 Å². The van der Waals surface area contributed by atoms with Crippen LogP contribution in [0.2, 0.25) is 0 Å². The molecule has 3 aromatic rings. The third kappa shape index (κ3) is 3.07. The van der Waals surface area contributed by atoms with Gasteiger partial charge < -0.3 is 14.5 Å². The number of aromatic nitrogens is 2. The van der Waals surface area contributed by atoms with Gasteiger partial charge in [-0.05, 0) is 47.1 Å². The first-order valence-corrected chi connectivity index (χ1v) is 8.12. The third-order valence-electron chi connectivity index (χ3n) is 3.71. The predicted octanol–water partition coefficient (Wildman–Crippen LogP) is 3.22. The van der Waals surface area contributed by atoms with Crippen LogP contribution in [0.4, 0.5) is 5.69 Å². The highest BCUT2D eigenvalue weighted by Gasteiger charge is 2.10. The number of amides is 1. The number of aryl methyl sites for hydroxylation is 1. The molecule has 1 N–H and O–H groups in total. The summed E-state index contributed by atoms with van der Waals surface area (Å²) < 4.78 is 4.26. The second-order valence-electron chi connectivity index (χ2n) is 5.18. The van der Waals surface area contributed by atoms with Crippen LogP contribution in [0.15, 0.2) is 58.1 Å². The average molecular weight is 374 g/mol. The Morgan fingerprint density at radius 3 is 2.61 bits per heavy atom. The first kappa shape index (κ1) is 15.6. The zero-order valence-electron chi connectivity index (χ0n) is 12.6. The fraction of sp³-hybridized carbons (Fsp3) is 0.176. The van der Waals surface area contributed by atoms with E-state index < -0.39 is 0 Å². The molecule has 5 nitrogen and oxygen atoms in total. The first-order chi connectivity index (χ1) is 11.1. The molecule has 6 heteroatoms. The zero-order valence-corrected chi connectivity index (χ0v) is 14.2. The highest BCUT2D eigenvalue weighted by atomic mass is 79.9. The highest BCUT2D eigenvalue weighted by Crippen LogP contribution is 2.21. The molecule has 0 aliphatic carbocycles. The molecule has 1 amide bonds. The number of fused-ring (bicyclic) bond motifs is 1. The molecule has 0 saturated carbocycles. The van der Waals surface area contributed by atoms with Gasteiger partial charge in [-0.1, -0.05) is 12.1 Å². The molecule has 3 rings (SSSR count). The third-order valence-corrected chi connectivity index (χ3v) is 4.40. The summed E-state index contributed by atoms with van der Waals surface area (Å²) in [6.45, 7) is 2.71. The summed E-state index contributed by atoms with van der Waals surface area (Å²) in [5, 5.41) is 3.49. The van der Waals surface area contributed by atoms with E-state index in [1.54, 1.807) is 27.6 Å². The quantitative estimate of drug-likeness (QED) is 0.763. The van der Waals surface area contributed by atoms with E-state index >= 15 is 0 Å². The van der Waals surface area contributed by atoms with Gasteiger partial charge in [0.05, 0.1) is 16.6 Å². The summed E-state index contributed by atoms with van der Waals surface area (Å²) in [6.07, 6.45) is 3.53. The summed E-state index contributed by atoms with van der Waals surface area (Å²) in [5.74, 6) is -0.144. The Balaban J connectivity index is 1.85. The normalized spacial score (nSPS) is 10.9. The number of anilines is 1. The van der Waals surface area contributed by atoms with E-state index in [-0.39, 0.29) is 18.0 Å². The monoisotopic (exact) mass is 373 g/mol. The van der Waals surface area contributed by atoms with Crippen LogP contribution in [-0.4, -0.2) is 15.0 Å². The van der Waals surface area contributed by atoms with Crippen LogP contribution in [-0.2, 0) is 17.9 Å². The minimum Gasteiger partial charge on any atom is -0.338 e. The predicted molar refractivity (Wildman–Crippen MR) is 94.6 cm³/mol. The van der Waals surface area contributed by atoms with Gasteiger partial charge in [-0.2, -0.15) is 0 Å². The van der Waals surface area contributed by atoms with E-state index in [2.05, 4.69) is 21.2 Å². The number of hydrogen-bond acceptors (Lipinski definition) is 2. The van der Waals surface area contributed by atoms with Crippen LogP contribution >= 0.6 is 15.9 Å². The Hall–Kier alpha value is -2.34. The standard InChI is InChI=1S/C17H16BrN3O2/c1-2-20-10-8-15-12(17(20)23)7-9-21(15)11-16(22)19-14-6-4-3-5-13(14)18/h3-10H,2,11H2,1H3,(H,19,22). The van der Waals surface area contributed by atoms with E-state index in [1.165, 1.54) is 0 Å². The fourth-order valence-corrected chi connectivity index (χ4v) is 2.91. The van der Waals surface area contributed by atoms with Gasteiger partial charge in [-0.25, -0.2) is 0 Å².